The number of hydrogen-bond donors (Lipinski definition) is 1. The number of rotatable bonds is 5. The zero-order valence-electron chi connectivity index (χ0n) is 16.6. The summed E-state index contributed by atoms with van der Waals surface area (Å²) in [6.45, 7) is 2.10. The Morgan fingerprint density at radius 2 is 2.00 bits per heavy atom. The normalized spacial score (nSPS) is 14.5. The summed E-state index contributed by atoms with van der Waals surface area (Å²) in [6, 6.07) is 6.81. The lowest BCUT2D eigenvalue weighted by Gasteiger charge is -2.17. The Bertz CT molecular complexity index is 1120. The van der Waals surface area contributed by atoms with E-state index in [2.05, 4.69) is 36.2 Å². The molecule has 3 heterocycles. The highest BCUT2D eigenvalue weighted by Crippen LogP contribution is 2.25. The molecule has 1 aliphatic rings. The summed E-state index contributed by atoms with van der Waals surface area (Å²) in [5, 5.41) is 8.26. The number of halogens is 1. The highest BCUT2D eigenvalue weighted by Gasteiger charge is 2.19. The molecule has 0 radical (unpaired) electrons. The molecule has 0 saturated carbocycles. The van der Waals surface area contributed by atoms with Crippen molar-refractivity contribution < 1.29 is 9.53 Å². The van der Waals surface area contributed by atoms with Crippen LogP contribution in [0.1, 0.15) is 41.7 Å². The van der Waals surface area contributed by atoms with Gasteiger partial charge in [0.25, 0.3) is 11.5 Å². The predicted octanol–water partition coefficient (Wildman–Crippen LogP) is 3.23. The van der Waals surface area contributed by atoms with Crippen molar-refractivity contribution in [3.05, 3.63) is 50.3 Å². The van der Waals surface area contributed by atoms with Crippen LogP contribution >= 0.6 is 27.3 Å². The molecule has 0 atom stereocenters. The summed E-state index contributed by atoms with van der Waals surface area (Å²) >= 11 is 4.77. The zero-order chi connectivity index (χ0) is 21.1. The van der Waals surface area contributed by atoms with E-state index >= 15 is 0 Å². The fourth-order valence-electron chi connectivity index (χ4n) is 3.51. The maximum absolute atomic E-state index is 12.9. The van der Waals surface area contributed by atoms with E-state index in [1.807, 2.05) is 18.2 Å². The molecule has 1 saturated heterocycles. The summed E-state index contributed by atoms with van der Waals surface area (Å²) in [4.78, 5) is 31.7. The van der Waals surface area contributed by atoms with Crippen LogP contribution in [-0.4, -0.2) is 40.7 Å². The lowest BCUT2D eigenvalue weighted by atomic mass is 10.2. The number of anilines is 1. The van der Waals surface area contributed by atoms with E-state index in [0.29, 0.717) is 10.7 Å². The molecule has 0 spiro atoms. The number of nitrogens with zero attached hydrogens (tertiary/aromatic N) is 4. The first kappa shape index (κ1) is 20.8. The highest BCUT2D eigenvalue weighted by atomic mass is 79.9. The summed E-state index contributed by atoms with van der Waals surface area (Å²) in [6.07, 6.45) is 4.65. The molecule has 10 heteroatoms. The Balaban J connectivity index is 1.60. The van der Waals surface area contributed by atoms with Gasteiger partial charge in [-0.15, -0.1) is 5.10 Å². The topological polar surface area (TPSA) is 88.8 Å². The molecule has 0 aliphatic carbocycles. The fraction of sp³-hybridized carbons (Fsp3) is 0.400. The molecule has 4 rings (SSSR count). The third-order valence-electron chi connectivity index (χ3n) is 5.03. The molecular formula is C20H22BrN5O3S. The number of aromatic nitrogens is 3. The van der Waals surface area contributed by atoms with Gasteiger partial charge in [-0.3, -0.25) is 9.59 Å². The van der Waals surface area contributed by atoms with Gasteiger partial charge in [0, 0.05) is 35.7 Å². The number of benzene rings is 1. The number of fused-ring (bicyclic) bond motifs is 1. The number of carbonyl (C=O) groups is 1. The second kappa shape index (κ2) is 9.13. The molecule has 1 aliphatic heterocycles. The van der Waals surface area contributed by atoms with Crippen LogP contribution in [-0.2, 0) is 6.54 Å². The van der Waals surface area contributed by atoms with Crippen molar-refractivity contribution in [1.29, 1.82) is 0 Å². The first-order valence-electron chi connectivity index (χ1n) is 9.81. The molecule has 158 valence electrons. The van der Waals surface area contributed by atoms with E-state index in [-0.39, 0.29) is 18.1 Å². The van der Waals surface area contributed by atoms with Crippen molar-refractivity contribution in [2.24, 2.45) is 0 Å². The third-order valence-corrected chi connectivity index (χ3v) is 6.50. The van der Waals surface area contributed by atoms with Crippen LogP contribution in [0.2, 0.25) is 0 Å². The minimum Gasteiger partial charge on any atom is -0.496 e. The lowest BCUT2D eigenvalue weighted by molar-refractivity contribution is 0.0943. The van der Waals surface area contributed by atoms with Crippen LogP contribution < -0.4 is 20.5 Å². The van der Waals surface area contributed by atoms with E-state index in [1.54, 1.807) is 7.11 Å². The predicted molar refractivity (Wildman–Crippen MR) is 120 cm³/mol. The van der Waals surface area contributed by atoms with E-state index in [0.717, 1.165) is 41.1 Å². The fourth-order valence-corrected chi connectivity index (χ4v) is 4.88. The number of hydrogen-bond acceptors (Lipinski definition) is 7. The second-order valence-corrected chi connectivity index (χ2v) is 8.95. The zero-order valence-corrected chi connectivity index (χ0v) is 19.0. The molecule has 30 heavy (non-hydrogen) atoms. The molecule has 1 N–H and O–H groups in total. The quantitative estimate of drug-likeness (QED) is 0.589. The van der Waals surface area contributed by atoms with Crippen molar-refractivity contribution in [1.82, 2.24) is 19.9 Å². The summed E-state index contributed by atoms with van der Waals surface area (Å²) in [5.74, 6) is 0.284. The monoisotopic (exact) mass is 491 g/mol. The summed E-state index contributed by atoms with van der Waals surface area (Å²) in [7, 11) is 1.58. The van der Waals surface area contributed by atoms with Crippen LogP contribution in [0.4, 0.5) is 5.13 Å². The first-order valence-corrected chi connectivity index (χ1v) is 11.4. The Morgan fingerprint density at radius 1 is 1.23 bits per heavy atom. The van der Waals surface area contributed by atoms with Gasteiger partial charge in [-0.25, -0.2) is 0 Å². The minimum absolute atomic E-state index is 0.177. The largest absolute Gasteiger partial charge is 0.496 e. The number of carbonyl (C=O) groups excluding carboxylic acids is 1. The average Bonchev–Trinajstić information content (AvgIpc) is 2.97. The molecule has 1 fully saturated rings. The molecule has 1 amide bonds. The van der Waals surface area contributed by atoms with Crippen molar-refractivity contribution in [2.75, 3.05) is 25.1 Å². The average molecular weight is 492 g/mol. The standard InChI is InChI=1S/C20H22BrN5O3S/c1-29-16-7-6-14(21)10-13(16)12-22-18(28)15-11-17(27)23-19-26(15)24-20(30-19)25-8-4-2-3-5-9-25/h6-7,10-11H,2-5,8-9,12H2,1H3,(H,22,28). The Hall–Kier alpha value is -2.46. The van der Waals surface area contributed by atoms with E-state index in [4.69, 9.17) is 4.74 Å². The van der Waals surface area contributed by atoms with Crippen LogP contribution in [0.5, 0.6) is 5.75 Å². The van der Waals surface area contributed by atoms with Crippen molar-refractivity contribution in [2.45, 2.75) is 32.2 Å². The van der Waals surface area contributed by atoms with Gasteiger partial charge in [-0.05, 0) is 31.0 Å². The molecule has 0 unspecified atom stereocenters. The third kappa shape index (κ3) is 4.49. The van der Waals surface area contributed by atoms with E-state index in [9.17, 15) is 9.59 Å². The highest BCUT2D eigenvalue weighted by molar-refractivity contribution is 9.10. The van der Waals surface area contributed by atoms with Gasteiger partial charge in [-0.1, -0.05) is 40.1 Å². The minimum atomic E-state index is -0.453. The van der Waals surface area contributed by atoms with Crippen LogP contribution in [0.15, 0.2) is 33.5 Å². The van der Waals surface area contributed by atoms with Crippen LogP contribution in [0, 0.1) is 0 Å². The van der Waals surface area contributed by atoms with Crippen LogP contribution in [0.25, 0.3) is 4.96 Å². The van der Waals surface area contributed by atoms with Gasteiger partial charge in [0.15, 0.2) is 0 Å². The smallest absolute Gasteiger partial charge is 0.274 e. The molecular weight excluding hydrogens is 470 g/mol. The van der Waals surface area contributed by atoms with Crippen LogP contribution in [0.3, 0.4) is 0 Å². The Kier molecular flexibility index (Phi) is 6.33. The SMILES string of the molecule is COc1ccc(Br)cc1CNC(=O)c1cc(=O)nc2sc(N3CCCCCC3)nn12. The maximum Gasteiger partial charge on any atom is 0.274 e. The lowest BCUT2D eigenvalue weighted by Crippen LogP contribution is -2.28. The number of amides is 1. The first-order chi connectivity index (χ1) is 14.5. The molecule has 8 nitrogen and oxygen atoms in total. The van der Waals surface area contributed by atoms with Crippen molar-refractivity contribution >= 4 is 43.3 Å². The van der Waals surface area contributed by atoms with Gasteiger partial charge < -0.3 is 15.0 Å². The maximum atomic E-state index is 12.9. The van der Waals surface area contributed by atoms with Gasteiger partial charge in [0.1, 0.15) is 11.4 Å². The Morgan fingerprint density at radius 3 is 2.73 bits per heavy atom. The molecule has 3 aromatic rings. The number of ether oxygens (including phenoxy) is 1. The Labute approximate surface area is 186 Å². The summed E-state index contributed by atoms with van der Waals surface area (Å²) in [5.41, 5.74) is 0.545. The van der Waals surface area contributed by atoms with E-state index in [1.165, 1.54) is 34.8 Å². The molecule has 1 aromatic carbocycles. The number of nitrogens with one attached hydrogen (secondary N) is 1. The van der Waals surface area contributed by atoms with Gasteiger partial charge in [-0.2, -0.15) is 9.50 Å². The molecule has 0 bridgehead atoms. The summed E-state index contributed by atoms with van der Waals surface area (Å²) < 4.78 is 7.71. The van der Waals surface area contributed by atoms with E-state index < -0.39 is 5.56 Å². The van der Waals surface area contributed by atoms with Gasteiger partial charge >= 0.3 is 0 Å². The van der Waals surface area contributed by atoms with Crippen molar-refractivity contribution in [3.63, 3.8) is 0 Å². The van der Waals surface area contributed by atoms with Gasteiger partial charge in [0.2, 0.25) is 10.1 Å². The van der Waals surface area contributed by atoms with Crippen molar-refractivity contribution in [3.8, 4) is 5.75 Å². The number of methoxy groups -OCH3 is 1. The second-order valence-electron chi connectivity index (χ2n) is 7.10. The molecule has 2 aromatic heterocycles. The van der Waals surface area contributed by atoms with Gasteiger partial charge in [0.05, 0.1) is 7.11 Å².